The van der Waals surface area contributed by atoms with Crippen LogP contribution >= 0.6 is 0 Å². The fourth-order valence-electron chi connectivity index (χ4n) is 0. The van der Waals surface area contributed by atoms with Crippen LogP contribution in [0, 0.1) is 0 Å². The maximum absolute atomic E-state index is 7.88. The van der Waals surface area contributed by atoms with E-state index in [0.717, 1.165) is 6.42 Å². The fourth-order valence-corrected chi connectivity index (χ4v) is 0. The zero-order valence-corrected chi connectivity index (χ0v) is 2.86. The highest BCUT2D eigenvalue weighted by Crippen LogP contribution is 1.61. The zero-order chi connectivity index (χ0) is 3.41. The van der Waals surface area contributed by atoms with Gasteiger partial charge < -0.3 is 5.11 Å². The molecule has 0 spiro atoms. The second kappa shape index (κ2) is 8.90. The Bertz CT molecular complexity index is 8.85. The minimum atomic E-state index is 0. The molecule has 0 saturated carbocycles. The first-order valence-electron chi connectivity index (χ1n) is 1.52. The molecule has 5 heavy (non-hydrogen) atoms. The minimum Gasteiger partial charge on any atom is -0.396 e. The van der Waals surface area contributed by atoms with Gasteiger partial charge in [0.2, 0.25) is 0 Å². The summed E-state index contributed by atoms with van der Waals surface area (Å²) in [6, 6.07) is 0. The third kappa shape index (κ3) is 14.3. The van der Waals surface area contributed by atoms with Crippen molar-refractivity contribution >= 4 is 11.0 Å². The predicted molar refractivity (Wildman–Crippen MR) is 28.7 cm³/mol. The molecule has 0 aliphatic rings. The third-order valence-electron chi connectivity index (χ3n) is 0.224. The van der Waals surface area contributed by atoms with E-state index in [4.69, 9.17) is 5.11 Å². The molecule has 0 rings (SSSR count). The molecule has 0 aromatic heterocycles. The standard InChI is InChI=1S/C3H8O.H4Si/c1-2-3-4;/h4H,2-3H2,1H3;1H4. The molecule has 0 atom stereocenters. The fraction of sp³-hybridized carbons (Fsp3) is 1.00. The smallest absolute Gasteiger partial charge is 0.0428 e. The van der Waals surface area contributed by atoms with Gasteiger partial charge in [0.1, 0.15) is 0 Å². The van der Waals surface area contributed by atoms with Crippen LogP contribution in [0.5, 0.6) is 0 Å². The van der Waals surface area contributed by atoms with Crippen LogP contribution in [0.3, 0.4) is 0 Å². The van der Waals surface area contributed by atoms with Crippen molar-refractivity contribution in [2.45, 2.75) is 13.3 Å². The third-order valence-corrected chi connectivity index (χ3v) is 0.224. The largest absolute Gasteiger partial charge is 0.396 e. The van der Waals surface area contributed by atoms with E-state index >= 15 is 0 Å². The first-order valence-corrected chi connectivity index (χ1v) is 1.52. The van der Waals surface area contributed by atoms with Gasteiger partial charge in [0.15, 0.2) is 0 Å². The highest BCUT2D eigenvalue weighted by molar-refractivity contribution is 5.75. The van der Waals surface area contributed by atoms with Crippen LogP contribution in [0.25, 0.3) is 0 Å². The summed E-state index contributed by atoms with van der Waals surface area (Å²) in [5, 5.41) is 7.88. The first kappa shape index (κ1) is 8.95. The lowest BCUT2D eigenvalue weighted by Gasteiger charge is -1.69. The van der Waals surface area contributed by atoms with E-state index in [1.165, 1.54) is 0 Å². The number of aliphatic hydroxyl groups excluding tert-OH is 1. The van der Waals surface area contributed by atoms with Crippen molar-refractivity contribution in [3.8, 4) is 0 Å². The lowest BCUT2D eigenvalue weighted by Crippen LogP contribution is -1.69. The van der Waals surface area contributed by atoms with Crippen LogP contribution in [-0.4, -0.2) is 22.7 Å². The summed E-state index contributed by atoms with van der Waals surface area (Å²) in [6.07, 6.45) is 0.875. The van der Waals surface area contributed by atoms with Crippen LogP contribution in [0.2, 0.25) is 0 Å². The summed E-state index contributed by atoms with van der Waals surface area (Å²) >= 11 is 0. The molecule has 0 fully saturated rings. The molecule has 0 radical (unpaired) electrons. The van der Waals surface area contributed by atoms with Gasteiger partial charge in [-0.3, -0.25) is 0 Å². The van der Waals surface area contributed by atoms with E-state index in [1.807, 2.05) is 6.92 Å². The summed E-state index contributed by atoms with van der Waals surface area (Å²) in [5.74, 6) is 0. The highest BCUT2D eigenvalue weighted by Gasteiger charge is 1.57. The molecule has 0 unspecified atom stereocenters. The number of hydrogen-bond donors (Lipinski definition) is 1. The Hall–Kier alpha value is 0.177. The molecule has 1 nitrogen and oxygen atoms in total. The van der Waals surface area contributed by atoms with Crippen LogP contribution in [0.15, 0.2) is 0 Å². The van der Waals surface area contributed by atoms with Crippen LogP contribution in [0.4, 0.5) is 0 Å². The van der Waals surface area contributed by atoms with Crippen LogP contribution in [-0.2, 0) is 0 Å². The molecule has 0 aromatic carbocycles. The Balaban J connectivity index is 0. The lowest BCUT2D eigenvalue weighted by atomic mass is 10.5. The number of aliphatic hydroxyl groups is 1. The number of hydrogen-bond acceptors (Lipinski definition) is 1. The van der Waals surface area contributed by atoms with E-state index in [0.29, 0.717) is 6.61 Å². The van der Waals surface area contributed by atoms with Gasteiger partial charge in [0.05, 0.1) is 0 Å². The summed E-state index contributed by atoms with van der Waals surface area (Å²) < 4.78 is 0. The molecule has 1 N–H and O–H groups in total. The summed E-state index contributed by atoms with van der Waals surface area (Å²) in [7, 11) is 0. The lowest BCUT2D eigenvalue weighted by molar-refractivity contribution is 0.295. The molecule has 0 amide bonds. The first-order chi connectivity index (χ1) is 1.91. The highest BCUT2D eigenvalue weighted by atomic mass is 28.1. The molecule has 0 saturated heterocycles. The average molecular weight is 92.2 g/mol. The maximum Gasteiger partial charge on any atom is 0.0428 e. The van der Waals surface area contributed by atoms with E-state index in [9.17, 15) is 0 Å². The summed E-state index contributed by atoms with van der Waals surface area (Å²) in [6.45, 7) is 2.25. The monoisotopic (exact) mass is 92.1 g/mol. The van der Waals surface area contributed by atoms with Crippen LogP contribution < -0.4 is 0 Å². The SMILES string of the molecule is CCCO.[SiH4]. The molecule has 0 bridgehead atoms. The van der Waals surface area contributed by atoms with Gasteiger partial charge in [-0.25, -0.2) is 0 Å². The topological polar surface area (TPSA) is 20.2 Å². The minimum absolute atomic E-state index is 0. The average Bonchev–Trinajstić information content (AvgIpc) is 1.37. The summed E-state index contributed by atoms with van der Waals surface area (Å²) in [4.78, 5) is 0. The second-order valence-corrected chi connectivity index (χ2v) is 0.724. The normalized spacial score (nSPS) is 6.00. The van der Waals surface area contributed by atoms with Crippen molar-refractivity contribution in [3.63, 3.8) is 0 Å². The number of rotatable bonds is 1. The van der Waals surface area contributed by atoms with E-state index in [1.54, 1.807) is 0 Å². The van der Waals surface area contributed by atoms with Crippen molar-refractivity contribution in [2.75, 3.05) is 6.61 Å². The van der Waals surface area contributed by atoms with Gasteiger partial charge in [0.25, 0.3) is 0 Å². The van der Waals surface area contributed by atoms with Gasteiger partial charge in [-0.15, -0.1) is 0 Å². The van der Waals surface area contributed by atoms with Crippen molar-refractivity contribution < 1.29 is 5.11 Å². The molecule has 2 heteroatoms. The van der Waals surface area contributed by atoms with E-state index in [-0.39, 0.29) is 11.0 Å². The zero-order valence-electron chi connectivity index (χ0n) is 2.86. The van der Waals surface area contributed by atoms with Crippen molar-refractivity contribution in [1.82, 2.24) is 0 Å². The maximum atomic E-state index is 7.88. The Morgan fingerprint density at radius 3 is 1.80 bits per heavy atom. The molecule has 0 aliphatic carbocycles. The quantitative estimate of drug-likeness (QED) is 0.409. The Kier molecular flexibility index (Phi) is 15.9. The van der Waals surface area contributed by atoms with Gasteiger partial charge in [-0.05, 0) is 17.4 Å². The van der Waals surface area contributed by atoms with E-state index in [2.05, 4.69) is 0 Å². The van der Waals surface area contributed by atoms with Crippen molar-refractivity contribution in [1.29, 1.82) is 0 Å². The van der Waals surface area contributed by atoms with E-state index < -0.39 is 0 Å². The second-order valence-electron chi connectivity index (χ2n) is 0.724. The van der Waals surface area contributed by atoms with Gasteiger partial charge in [0, 0.05) is 6.61 Å². The molecule has 0 heterocycles. The summed E-state index contributed by atoms with van der Waals surface area (Å²) in [5.41, 5.74) is 0. The van der Waals surface area contributed by atoms with Gasteiger partial charge in [-0.2, -0.15) is 0 Å². The van der Waals surface area contributed by atoms with Crippen LogP contribution in [0.1, 0.15) is 13.3 Å². The van der Waals surface area contributed by atoms with Crippen molar-refractivity contribution in [3.05, 3.63) is 0 Å². The van der Waals surface area contributed by atoms with Gasteiger partial charge >= 0.3 is 0 Å². The molecular weight excluding hydrogens is 80.1 g/mol. The Morgan fingerprint density at radius 2 is 1.80 bits per heavy atom. The Labute approximate surface area is 37.0 Å². The Morgan fingerprint density at radius 1 is 1.60 bits per heavy atom. The molecule has 0 aliphatic heterocycles. The van der Waals surface area contributed by atoms with Crippen molar-refractivity contribution in [2.24, 2.45) is 0 Å². The molecular formula is C3H12OSi. The van der Waals surface area contributed by atoms with Gasteiger partial charge in [-0.1, -0.05) is 6.92 Å². The molecule has 34 valence electrons. The molecule has 0 aromatic rings. The predicted octanol–water partition coefficient (Wildman–Crippen LogP) is -1.06.